The van der Waals surface area contributed by atoms with Crippen molar-refractivity contribution >= 4 is 154 Å². The molecule has 0 spiro atoms. The van der Waals surface area contributed by atoms with Crippen molar-refractivity contribution in [2.24, 2.45) is 0 Å². The second-order valence-corrected chi connectivity index (χ2v) is 31.1. The summed E-state index contributed by atoms with van der Waals surface area (Å²) in [6.45, 7) is 8.52. The zero-order chi connectivity index (χ0) is 76.4. The van der Waals surface area contributed by atoms with E-state index in [0.29, 0.717) is 33.6 Å². The molecule has 0 radical (unpaired) electrons. The van der Waals surface area contributed by atoms with Crippen LogP contribution in [0.5, 0.6) is 0 Å². The summed E-state index contributed by atoms with van der Waals surface area (Å²) in [7, 11) is 17.2. The molecule has 0 saturated carbocycles. The van der Waals surface area contributed by atoms with Gasteiger partial charge >= 0.3 is 75.6 Å². The number of alkyl halides is 3. The smallest absolute Gasteiger partial charge is 0.870 e. The predicted molar refractivity (Wildman–Crippen MR) is 429 cm³/mol. The predicted octanol–water partition coefficient (Wildman–Crippen LogP) is 14.3. The van der Waals surface area contributed by atoms with Gasteiger partial charge in [0.2, 0.25) is 0 Å². The number of ketones is 1. The van der Waals surface area contributed by atoms with Crippen LogP contribution in [0.25, 0.3) is 10.6 Å². The van der Waals surface area contributed by atoms with Crippen LogP contribution in [0.2, 0.25) is 0 Å². The Kier molecular flexibility index (Phi) is 54.3. The van der Waals surface area contributed by atoms with Crippen LogP contribution in [0.15, 0.2) is 132 Å². The first-order valence-corrected chi connectivity index (χ1v) is 42.4. The molecule has 4 fully saturated rings. The number of halogens is 6. The van der Waals surface area contributed by atoms with Gasteiger partial charge in [-0.25, -0.2) is 24.0 Å². The summed E-state index contributed by atoms with van der Waals surface area (Å²) in [6.07, 6.45) is 10.5. The topological polar surface area (TPSA) is 266 Å². The van der Waals surface area contributed by atoms with Gasteiger partial charge in [0.1, 0.15) is 5.78 Å². The van der Waals surface area contributed by atoms with Crippen LogP contribution in [0.1, 0.15) is 136 Å². The average molecular weight is 1880 g/mol. The zero-order valence-electron chi connectivity index (χ0n) is 61.8. The summed E-state index contributed by atoms with van der Waals surface area (Å²) in [4.78, 5) is 75.7. The third kappa shape index (κ3) is 37.9. The van der Waals surface area contributed by atoms with Crippen molar-refractivity contribution in [2.45, 2.75) is 72.0 Å². The number of ether oxygens (including phenoxy) is 4. The maximum Gasteiger partial charge on any atom is 1.00 e. The average Bonchev–Trinajstić information content (AvgIpc) is 0.806. The molecule has 104 heavy (non-hydrogen) atoms. The number of methoxy groups -OCH3 is 4. The van der Waals surface area contributed by atoms with Crippen molar-refractivity contribution in [1.82, 2.24) is 19.6 Å². The zero-order valence-corrected chi connectivity index (χ0v) is 75.1. The molecule has 0 aliphatic carbocycles. The van der Waals surface area contributed by atoms with Crippen LogP contribution < -0.4 is 29.6 Å². The van der Waals surface area contributed by atoms with Crippen LogP contribution in [0, 0.1) is 0 Å². The molecule has 5 aromatic rings. The third-order valence-corrected chi connectivity index (χ3v) is 24.0. The Hall–Kier alpha value is -3.26. The number of nitrogens with zero attached hydrogens (tertiary/aromatic N) is 4. The summed E-state index contributed by atoms with van der Waals surface area (Å²) in [5.41, 5.74) is 10.7. The Morgan fingerprint density at radius 3 is 1.18 bits per heavy atom. The fourth-order valence-corrected chi connectivity index (χ4v) is 13.8. The number of Topliss-reactive ketones (excluding diaryl/α,β-unsaturated/α-hetero) is 1. The molecule has 31 heteroatoms. The van der Waals surface area contributed by atoms with E-state index < -0.39 is 28.1 Å². The Morgan fingerprint density at radius 1 is 0.519 bits per heavy atom. The number of carbonyl (C=O) groups is 6. The first kappa shape index (κ1) is 101. The Bertz CT molecular complexity index is 3390. The van der Waals surface area contributed by atoms with Crippen LogP contribution in [-0.4, -0.2) is 215 Å². The molecular weight excluding hydrogens is 1790 g/mol. The Labute approximate surface area is 687 Å². The number of piperidine rings is 4. The number of aromatic carboxylic acids is 1. The fraction of sp³-hybridized carbons (Fsp3) is 0.452. The fourth-order valence-electron chi connectivity index (χ4n) is 9.87. The molecule has 4 heterocycles. The molecule has 0 amide bonds. The van der Waals surface area contributed by atoms with E-state index in [2.05, 4.69) is 167 Å². The Balaban J connectivity index is 0.00000121. The van der Waals surface area contributed by atoms with Crippen molar-refractivity contribution in [1.29, 1.82) is 0 Å². The molecule has 0 aromatic heterocycles. The third-order valence-electron chi connectivity index (χ3n) is 16.3. The first-order valence-electron chi connectivity index (χ1n) is 32.2. The van der Waals surface area contributed by atoms with Gasteiger partial charge in [-0.3, -0.25) is 9.36 Å². The summed E-state index contributed by atoms with van der Waals surface area (Å²) in [5.74, 6) is -1.74. The maximum atomic E-state index is 11.9. The van der Waals surface area contributed by atoms with Crippen molar-refractivity contribution in [3.63, 3.8) is 0 Å². The first-order chi connectivity index (χ1) is 48.7. The van der Waals surface area contributed by atoms with Crippen LogP contribution >= 0.6 is 108 Å². The minimum absolute atomic E-state index is 0. The van der Waals surface area contributed by atoms with E-state index in [4.69, 9.17) is 18.9 Å². The number of benzene rings is 5. The maximum absolute atomic E-state index is 11.9. The van der Waals surface area contributed by atoms with Crippen molar-refractivity contribution in [2.75, 3.05) is 145 Å². The van der Waals surface area contributed by atoms with E-state index in [1.165, 1.54) is 59.4 Å². The van der Waals surface area contributed by atoms with Gasteiger partial charge in [0.25, 0.3) is 0 Å². The Morgan fingerprint density at radius 2 is 0.846 bits per heavy atom. The number of likely N-dealkylation sites (tertiary alicyclic amines) is 4. The molecule has 9 rings (SSSR count). The van der Waals surface area contributed by atoms with E-state index in [0.717, 1.165) is 136 Å². The van der Waals surface area contributed by atoms with E-state index in [1.807, 2.05) is 79.8 Å². The molecule has 1 unspecified atom stereocenters. The van der Waals surface area contributed by atoms with Gasteiger partial charge < -0.3 is 71.7 Å². The number of carboxylic acids is 1. The molecule has 0 bridgehead atoms. The molecule has 22 nitrogen and oxygen atoms in total. The largest absolute Gasteiger partial charge is 1.00 e. The summed E-state index contributed by atoms with van der Waals surface area (Å²) < 4.78 is 55.3. The molecule has 4 aliphatic heterocycles. The molecule has 572 valence electrons. The minimum atomic E-state index is -3.06. The van der Waals surface area contributed by atoms with Crippen molar-refractivity contribution in [3.8, 4) is 0 Å². The van der Waals surface area contributed by atoms with E-state index in [-0.39, 0.29) is 68.3 Å². The van der Waals surface area contributed by atoms with E-state index in [1.54, 1.807) is 69.9 Å². The number of hydrogen-bond acceptors (Lipinski definition) is 21. The van der Waals surface area contributed by atoms with Gasteiger partial charge in [-0.05, 0) is 168 Å². The molecule has 1 atom stereocenters. The van der Waals surface area contributed by atoms with Gasteiger partial charge in [0.15, 0.2) is 0 Å². The van der Waals surface area contributed by atoms with Gasteiger partial charge in [-0.1, -0.05) is 142 Å². The second kappa shape index (κ2) is 56.0. The van der Waals surface area contributed by atoms with Gasteiger partial charge in [0.05, 0.1) is 67.2 Å². The normalized spacial score (nSPS) is 15.2. The van der Waals surface area contributed by atoms with Crippen molar-refractivity contribution in [3.05, 3.63) is 188 Å². The molecule has 4 saturated heterocycles. The number of esters is 4. The number of rotatable bonds is 17. The minimum Gasteiger partial charge on any atom is -0.870 e. The quantitative estimate of drug-likeness (QED) is 0.0298. The van der Waals surface area contributed by atoms with Crippen LogP contribution in [-0.2, 0) is 62.4 Å². The number of carbonyl (C=O) groups excluding carboxylic acids is 5. The van der Waals surface area contributed by atoms with Gasteiger partial charge in [-0.15, -0.1) is 0 Å². The molecule has 2 N–H and O–H groups in total. The van der Waals surface area contributed by atoms with E-state index >= 15 is 0 Å². The van der Waals surface area contributed by atoms with Gasteiger partial charge in [0, 0.05) is 130 Å². The van der Waals surface area contributed by atoms with E-state index in [9.17, 15) is 33.3 Å². The monoisotopic (exact) mass is 1880 g/mol. The summed E-state index contributed by atoms with van der Waals surface area (Å²) in [5, 5.41) is 9.66. The molecule has 5 aromatic carbocycles. The number of hydrogen-bond donors (Lipinski definition) is 1. The van der Waals surface area contributed by atoms with Crippen LogP contribution in [0.3, 0.4) is 0 Å². The molecular formula is C73H99Br6N4NaO18P2. The summed E-state index contributed by atoms with van der Waals surface area (Å²) >= 11 is 20.2. The standard InChI is InChI=1S/C15H19Br2NO2.C15H19NO2.C14H16BrNO2.C11H15O5P.C9H9BrO2.C6H11NO.C3H9O3P.Br2.Na.H2O/c1-18-9-7-15(17,8-10-18)13(16)11-3-5-12(6-4-11)14(19)20-2;1-16-9-7-13(8-10-16)11-12-3-5-14(6-4-12)15(17)18-2;1-16-8-6-11(7-9-16)13(15)10-2-4-12(5-3-10)14(17)18;1-14-11(12)10-6-4-9(5-7-10)8-17(13,15-2)16-3;1-12-9(11)8-4-2-7(6-10)3-5-8;1-7-4-2-6(8)3-5-7;1-4-7(5-2)6-3;1-2;;/h3-6,13H,7-10H2,1-2H3;3-6,11H,7-10H2,1-2H3;2-5H,6-9H2,1H3,(H,17,18);4-7H,8H2,1-3H3;2-5H,6H2,1H3;2-5H2,1H3;1-3H3;;;1H2/q;;;;;;;;+1;/p-1. The molecule has 4 aliphatic rings. The van der Waals surface area contributed by atoms with Crippen LogP contribution in [0.4, 0.5) is 0 Å². The van der Waals surface area contributed by atoms with Crippen molar-refractivity contribution < 1.29 is 115 Å². The number of carboxylic acid groups (broad SMARTS) is 1. The van der Waals surface area contributed by atoms with Gasteiger partial charge in [-0.2, -0.15) is 0 Å². The SMILES string of the molecule is BrBr.CN1CCC(=C(Br)c2ccc(C(=O)O)cc2)CC1.CN1CCC(=O)CC1.COC(=O)c1ccc(C(Br)C2(Br)CCN(C)CC2)cc1.COC(=O)c1ccc(C=C2CCN(C)CC2)cc1.COC(=O)c1ccc(CBr)cc1.COC(=O)c1ccc(CP(=O)(OC)OC)cc1.COP(OC)OC.[Na+].[OH-]. The second-order valence-electron chi connectivity index (χ2n) is 23.4. The summed E-state index contributed by atoms with van der Waals surface area (Å²) in [6, 6.07) is 36.1.